The summed E-state index contributed by atoms with van der Waals surface area (Å²) in [6, 6.07) is 1.80. The zero-order valence-corrected chi connectivity index (χ0v) is 9.68. The molecule has 1 saturated heterocycles. The van der Waals surface area contributed by atoms with Gasteiger partial charge in [0.2, 0.25) is 0 Å². The van der Waals surface area contributed by atoms with Gasteiger partial charge in [-0.3, -0.25) is 9.48 Å². The van der Waals surface area contributed by atoms with E-state index in [1.165, 1.54) is 0 Å². The van der Waals surface area contributed by atoms with E-state index in [1.54, 1.807) is 15.6 Å². The molecule has 1 fully saturated rings. The molecule has 0 spiro atoms. The Hall–Kier alpha value is -1.36. The van der Waals surface area contributed by atoms with Crippen LogP contribution >= 0.6 is 0 Å². The van der Waals surface area contributed by atoms with E-state index < -0.39 is 0 Å². The minimum absolute atomic E-state index is 0.0281. The molecule has 0 saturated carbocycles. The molecule has 1 aromatic rings. The van der Waals surface area contributed by atoms with Gasteiger partial charge in [-0.2, -0.15) is 5.10 Å². The van der Waals surface area contributed by atoms with Crippen LogP contribution in [-0.2, 0) is 7.05 Å². The number of carbonyl (C=O) groups excluding carboxylic acids is 1. The van der Waals surface area contributed by atoms with Gasteiger partial charge in [-0.15, -0.1) is 0 Å². The molecule has 1 N–H and O–H groups in total. The fourth-order valence-corrected chi connectivity index (χ4v) is 1.99. The maximum atomic E-state index is 12.0. The molecule has 2 rings (SSSR count). The molecule has 0 bridgehead atoms. The second-order valence-electron chi connectivity index (χ2n) is 4.38. The van der Waals surface area contributed by atoms with Crippen molar-refractivity contribution in [3.63, 3.8) is 0 Å². The topological polar surface area (TPSA) is 58.4 Å². The maximum absolute atomic E-state index is 12.0. The molecular weight excluding hydrogens is 206 g/mol. The van der Waals surface area contributed by atoms with Crippen molar-refractivity contribution in [3.05, 3.63) is 17.5 Å². The molecule has 0 radical (unpaired) electrons. The number of aliphatic hydroxyl groups is 1. The Morgan fingerprint density at radius 2 is 2.44 bits per heavy atom. The Morgan fingerprint density at radius 3 is 2.94 bits per heavy atom. The number of carbonyl (C=O) groups is 1. The van der Waals surface area contributed by atoms with Gasteiger partial charge in [0, 0.05) is 38.4 Å². The summed E-state index contributed by atoms with van der Waals surface area (Å²) in [7, 11) is 1.83. The molecule has 5 heteroatoms. The molecule has 88 valence electrons. The average molecular weight is 223 g/mol. The highest BCUT2D eigenvalue weighted by Gasteiger charge is 2.27. The van der Waals surface area contributed by atoms with Crippen LogP contribution in [0.25, 0.3) is 0 Å². The number of hydrogen-bond donors (Lipinski definition) is 1. The Morgan fingerprint density at radius 1 is 1.69 bits per heavy atom. The van der Waals surface area contributed by atoms with Crippen LogP contribution in [0.5, 0.6) is 0 Å². The van der Waals surface area contributed by atoms with Crippen LogP contribution in [-0.4, -0.2) is 45.4 Å². The second kappa shape index (κ2) is 4.25. The standard InChI is InChI=1S/C11H17N3O2/c1-8-5-10(12-13(8)2)11(16)14-4-3-9(6-14)7-15/h5,9,15H,3-4,6-7H2,1-2H3/t9-/m0/s1. The lowest BCUT2D eigenvalue weighted by atomic mass is 10.1. The van der Waals surface area contributed by atoms with Crippen LogP contribution < -0.4 is 0 Å². The molecule has 1 aliphatic heterocycles. The second-order valence-corrected chi connectivity index (χ2v) is 4.38. The van der Waals surface area contributed by atoms with Gasteiger partial charge in [-0.25, -0.2) is 0 Å². The first-order chi connectivity index (χ1) is 7.61. The van der Waals surface area contributed by atoms with Crippen molar-refractivity contribution in [2.75, 3.05) is 19.7 Å². The van der Waals surface area contributed by atoms with E-state index in [0.717, 1.165) is 18.7 Å². The summed E-state index contributed by atoms with van der Waals surface area (Å²) in [6.07, 6.45) is 0.883. The highest BCUT2D eigenvalue weighted by Crippen LogP contribution is 2.17. The maximum Gasteiger partial charge on any atom is 0.274 e. The van der Waals surface area contributed by atoms with Gasteiger partial charge < -0.3 is 10.0 Å². The Labute approximate surface area is 94.7 Å². The fraction of sp³-hybridized carbons (Fsp3) is 0.636. The zero-order valence-electron chi connectivity index (χ0n) is 9.68. The van der Waals surface area contributed by atoms with E-state index in [9.17, 15) is 4.79 Å². The normalized spacial score (nSPS) is 20.4. The number of likely N-dealkylation sites (tertiary alicyclic amines) is 1. The predicted molar refractivity (Wildman–Crippen MR) is 59.0 cm³/mol. The molecule has 1 aliphatic rings. The molecule has 2 heterocycles. The third-order valence-corrected chi connectivity index (χ3v) is 3.16. The molecule has 1 amide bonds. The number of aromatic nitrogens is 2. The fourth-order valence-electron chi connectivity index (χ4n) is 1.99. The molecular formula is C11H17N3O2. The molecule has 5 nitrogen and oxygen atoms in total. The van der Waals surface area contributed by atoms with Gasteiger partial charge in [0.15, 0.2) is 5.69 Å². The molecule has 0 aliphatic carbocycles. The summed E-state index contributed by atoms with van der Waals surface area (Å²) in [4.78, 5) is 13.8. The van der Waals surface area contributed by atoms with Gasteiger partial charge in [-0.05, 0) is 19.4 Å². The average Bonchev–Trinajstić information content (AvgIpc) is 2.86. The number of nitrogens with zero attached hydrogens (tertiary/aromatic N) is 3. The minimum Gasteiger partial charge on any atom is -0.396 e. The van der Waals surface area contributed by atoms with Crippen LogP contribution in [0.4, 0.5) is 0 Å². The summed E-state index contributed by atoms with van der Waals surface area (Å²) in [5.74, 6) is 0.202. The molecule has 1 aromatic heterocycles. The van der Waals surface area contributed by atoms with Gasteiger partial charge in [0.25, 0.3) is 5.91 Å². The summed E-state index contributed by atoms with van der Waals surface area (Å²) in [6.45, 7) is 3.44. The van der Waals surface area contributed by atoms with E-state index in [4.69, 9.17) is 5.11 Å². The third kappa shape index (κ3) is 1.95. The summed E-state index contributed by atoms with van der Waals surface area (Å²) in [5, 5.41) is 13.2. The van der Waals surface area contributed by atoms with Crippen molar-refractivity contribution < 1.29 is 9.90 Å². The van der Waals surface area contributed by atoms with E-state index in [1.807, 2.05) is 14.0 Å². The van der Waals surface area contributed by atoms with Crippen LogP contribution in [0.2, 0.25) is 0 Å². The largest absolute Gasteiger partial charge is 0.396 e. The summed E-state index contributed by atoms with van der Waals surface area (Å²) < 4.78 is 1.70. The van der Waals surface area contributed by atoms with Gasteiger partial charge in [0.05, 0.1) is 0 Å². The first kappa shape index (κ1) is 11.1. The molecule has 1 atom stereocenters. The molecule has 0 aromatic carbocycles. The first-order valence-electron chi connectivity index (χ1n) is 5.52. The van der Waals surface area contributed by atoms with Crippen molar-refractivity contribution in [2.24, 2.45) is 13.0 Å². The van der Waals surface area contributed by atoms with Crippen molar-refractivity contribution in [1.82, 2.24) is 14.7 Å². The Bertz CT molecular complexity index is 380. The highest BCUT2D eigenvalue weighted by atomic mass is 16.3. The minimum atomic E-state index is -0.0281. The Kier molecular flexibility index (Phi) is 2.96. The van der Waals surface area contributed by atoms with Crippen molar-refractivity contribution in [1.29, 1.82) is 0 Å². The van der Waals surface area contributed by atoms with Gasteiger partial charge >= 0.3 is 0 Å². The number of rotatable bonds is 2. The lowest BCUT2D eigenvalue weighted by molar-refractivity contribution is 0.0775. The van der Waals surface area contributed by atoms with Crippen molar-refractivity contribution in [2.45, 2.75) is 13.3 Å². The van der Waals surface area contributed by atoms with E-state index in [-0.39, 0.29) is 18.4 Å². The summed E-state index contributed by atoms with van der Waals surface area (Å²) in [5.41, 5.74) is 1.47. The Balaban J connectivity index is 2.08. The number of hydrogen-bond acceptors (Lipinski definition) is 3. The van der Waals surface area contributed by atoms with Crippen LogP contribution in [0.3, 0.4) is 0 Å². The smallest absolute Gasteiger partial charge is 0.274 e. The van der Waals surface area contributed by atoms with Crippen molar-refractivity contribution >= 4 is 5.91 Å². The first-order valence-corrected chi connectivity index (χ1v) is 5.52. The summed E-state index contributed by atoms with van der Waals surface area (Å²) >= 11 is 0. The predicted octanol–water partition coefficient (Wildman–Crippen LogP) is 0.183. The highest BCUT2D eigenvalue weighted by molar-refractivity contribution is 5.92. The number of aryl methyl sites for hydroxylation is 2. The SMILES string of the molecule is Cc1cc(C(=O)N2CC[C@H](CO)C2)nn1C. The lowest BCUT2D eigenvalue weighted by Gasteiger charge is -2.14. The van der Waals surface area contributed by atoms with Crippen LogP contribution in [0, 0.1) is 12.8 Å². The van der Waals surface area contributed by atoms with E-state index >= 15 is 0 Å². The lowest BCUT2D eigenvalue weighted by Crippen LogP contribution is -2.29. The zero-order chi connectivity index (χ0) is 11.7. The monoisotopic (exact) mass is 223 g/mol. The molecule has 0 unspecified atom stereocenters. The van der Waals surface area contributed by atoms with Crippen LogP contribution in [0.1, 0.15) is 22.6 Å². The van der Waals surface area contributed by atoms with Crippen molar-refractivity contribution in [3.8, 4) is 0 Å². The van der Waals surface area contributed by atoms with Gasteiger partial charge in [0.1, 0.15) is 0 Å². The van der Waals surface area contributed by atoms with E-state index in [2.05, 4.69) is 5.10 Å². The van der Waals surface area contributed by atoms with E-state index in [0.29, 0.717) is 12.2 Å². The quantitative estimate of drug-likeness (QED) is 0.778. The third-order valence-electron chi connectivity index (χ3n) is 3.16. The number of amides is 1. The van der Waals surface area contributed by atoms with Crippen LogP contribution in [0.15, 0.2) is 6.07 Å². The number of aliphatic hydroxyl groups excluding tert-OH is 1. The molecule has 16 heavy (non-hydrogen) atoms. The van der Waals surface area contributed by atoms with Gasteiger partial charge in [-0.1, -0.05) is 0 Å².